The first-order chi connectivity index (χ1) is 14.5. The average molecular weight is 415 g/mol. The fourth-order valence-electron chi connectivity index (χ4n) is 2.88. The maximum absolute atomic E-state index is 12.9. The van der Waals surface area contributed by atoms with Gasteiger partial charge in [-0.25, -0.2) is 9.18 Å². The molecule has 0 saturated carbocycles. The van der Waals surface area contributed by atoms with Crippen molar-refractivity contribution in [1.82, 2.24) is 4.90 Å². The zero-order valence-electron chi connectivity index (χ0n) is 17.9. The van der Waals surface area contributed by atoms with E-state index in [0.717, 1.165) is 31.7 Å². The summed E-state index contributed by atoms with van der Waals surface area (Å²) in [5.74, 6) is 0.681. The molecule has 0 spiro atoms. The molecule has 0 heterocycles. The predicted octanol–water partition coefficient (Wildman–Crippen LogP) is 5.52. The fourth-order valence-corrected chi connectivity index (χ4v) is 2.88. The number of carbonyl (C=O) groups is 1. The van der Waals surface area contributed by atoms with E-state index in [-0.39, 0.29) is 5.82 Å². The van der Waals surface area contributed by atoms with Gasteiger partial charge in [0.2, 0.25) is 0 Å². The smallest absolute Gasteiger partial charge is 0.419 e. The van der Waals surface area contributed by atoms with Gasteiger partial charge in [0.15, 0.2) is 0 Å². The number of nitrogens with zero attached hydrogens (tertiary/aromatic N) is 2. The third-order valence-electron chi connectivity index (χ3n) is 4.66. The van der Waals surface area contributed by atoms with Gasteiger partial charge in [0, 0.05) is 19.3 Å². The van der Waals surface area contributed by atoms with Gasteiger partial charge in [0.1, 0.15) is 17.3 Å². The Kier molecular flexibility index (Phi) is 9.87. The van der Waals surface area contributed by atoms with Gasteiger partial charge < -0.3 is 14.4 Å². The third kappa shape index (κ3) is 8.25. The van der Waals surface area contributed by atoms with Gasteiger partial charge >= 0.3 is 6.09 Å². The van der Waals surface area contributed by atoms with Crippen molar-refractivity contribution in [2.45, 2.75) is 25.7 Å². The Morgan fingerprint density at radius 1 is 0.967 bits per heavy atom. The zero-order chi connectivity index (χ0) is 21.8. The van der Waals surface area contributed by atoms with Crippen molar-refractivity contribution in [3.63, 3.8) is 0 Å². The highest BCUT2D eigenvalue weighted by atomic mass is 19.1. The predicted molar refractivity (Wildman–Crippen MR) is 119 cm³/mol. The van der Waals surface area contributed by atoms with Crippen molar-refractivity contribution in [2.24, 2.45) is 0 Å². The van der Waals surface area contributed by atoms with Crippen LogP contribution in [0.2, 0.25) is 0 Å². The summed E-state index contributed by atoms with van der Waals surface area (Å²) in [5.41, 5.74) is 0.679. The van der Waals surface area contributed by atoms with E-state index in [9.17, 15) is 9.18 Å². The molecule has 30 heavy (non-hydrogen) atoms. The highest BCUT2D eigenvalue weighted by Crippen LogP contribution is 2.20. The largest absolute Gasteiger partial charge is 0.494 e. The number of likely N-dealkylation sites (N-methyl/N-ethyl adjacent to an activating group) is 1. The molecule has 0 atom stereocenters. The molecule has 0 saturated heterocycles. The van der Waals surface area contributed by atoms with Crippen LogP contribution in [0, 0.1) is 5.82 Å². The molecule has 0 bridgehead atoms. The van der Waals surface area contributed by atoms with Gasteiger partial charge in [0.25, 0.3) is 0 Å². The number of ether oxygens (including phenoxy) is 2. The average Bonchev–Trinajstić information content (AvgIpc) is 2.74. The van der Waals surface area contributed by atoms with Gasteiger partial charge in [-0.3, -0.25) is 4.90 Å². The molecule has 162 valence electrons. The lowest BCUT2D eigenvalue weighted by atomic mass is 10.2. The summed E-state index contributed by atoms with van der Waals surface area (Å²) in [7, 11) is 3.72. The molecule has 1 amide bonds. The summed E-state index contributed by atoms with van der Waals surface area (Å²) >= 11 is 0. The van der Waals surface area contributed by atoms with Gasteiger partial charge in [-0.05, 0) is 75.0 Å². The summed E-state index contributed by atoms with van der Waals surface area (Å²) in [6.07, 6.45) is 5.89. The molecule has 2 aromatic carbocycles. The Bertz CT molecular complexity index is 778. The number of benzene rings is 2. The monoisotopic (exact) mass is 414 g/mol. The Morgan fingerprint density at radius 3 is 2.27 bits per heavy atom. The minimum atomic E-state index is -0.547. The first-order valence-electron chi connectivity index (χ1n) is 10.2. The Balaban J connectivity index is 1.68. The lowest BCUT2D eigenvalue weighted by Crippen LogP contribution is -2.29. The molecule has 0 fully saturated rings. The van der Waals surface area contributed by atoms with Crippen molar-refractivity contribution in [3.05, 3.63) is 67.0 Å². The Morgan fingerprint density at radius 2 is 1.60 bits per heavy atom. The number of carbonyl (C=O) groups excluding carboxylic acids is 1. The van der Waals surface area contributed by atoms with E-state index in [1.54, 1.807) is 19.2 Å². The molecule has 0 unspecified atom stereocenters. The molecule has 0 aliphatic heterocycles. The van der Waals surface area contributed by atoms with Crippen LogP contribution in [0.25, 0.3) is 0 Å². The van der Waals surface area contributed by atoms with E-state index < -0.39 is 6.09 Å². The number of amides is 1. The highest BCUT2D eigenvalue weighted by molar-refractivity contribution is 5.88. The van der Waals surface area contributed by atoms with E-state index in [4.69, 9.17) is 9.47 Å². The lowest BCUT2D eigenvalue weighted by Gasteiger charge is -2.17. The van der Waals surface area contributed by atoms with Crippen molar-refractivity contribution in [2.75, 3.05) is 38.7 Å². The molecule has 0 aromatic heterocycles. The van der Waals surface area contributed by atoms with Crippen molar-refractivity contribution in [3.8, 4) is 11.5 Å². The lowest BCUT2D eigenvalue weighted by molar-refractivity contribution is 0.209. The zero-order valence-corrected chi connectivity index (χ0v) is 17.9. The van der Waals surface area contributed by atoms with E-state index >= 15 is 0 Å². The van der Waals surface area contributed by atoms with Crippen LogP contribution in [-0.2, 0) is 0 Å². The molecule has 2 aromatic rings. The van der Waals surface area contributed by atoms with Crippen LogP contribution >= 0.6 is 0 Å². The van der Waals surface area contributed by atoms with Gasteiger partial charge in [-0.15, -0.1) is 6.58 Å². The maximum atomic E-state index is 12.9. The second-order valence-electron chi connectivity index (χ2n) is 7.19. The van der Waals surface area contributed by atoms with Crippen LogP contribution in [0.1, 0.15) is 25.7 Å². The Labute approximate surface area is 178 Å². The summed E-state index contributed by atoms with van der Waals surface area (Å²) in [6, 6.07) is 12.6. The summed E-state index contributed by atoms with van der Waals surface area (Å²) < 4.78 is 24.0. The van der Waals surface area contributed by atoms with E-state index in [2.05, 4.69) is 18.5 Å². The maximum Gasteiger partial charge on any atom is 0.419 e. The fraction of sp³-hybridized carbons (Fsp3) is 0.375. The minimum absolute atomic E-state index is 0.292. The van der Waals surface area contributed by atoms with Crippen LogP contribution in [0.5, 0.6) is 11.5 Å². The van der Waals surface area contributed by atoms with Crippen LogP contribution in [0.3, 0.4) is 0 Å². The van der Waals surface area contributed by atoms with E-state index in [1.165, 1.54) is 42.0 Å². The summed E-state index contributed by atoms with van der Waals surface area (Å²) in [4.78, 5) is 15.9. The Hall–Kier alpha value is -2.86. The first kappa shape index (κ1) is 23.4. The SMILES string of the molecule is C=CCN(C)CCCCCCOc1ccc(N(C)C(=O)Oc2ccc(F)cc2)cc1. The van der Waals surface area contributed by atoms with Crippen LogP contribution in [0.4, 0.5) is 14.9 Å². The van der Waals surface area contributed by atoms with Crippen LogP contribution < -0.4 is 14.4 Å². The minimum Gasteiger partial charge on any atom is -0.494 e. The number of hydrogen-bond acceptors (Lipinski definition) is 4. The molecule has 0 N–H and O–H groups in total. The van der Waals surface area contributed by atoms with E-state index in [0.29, 0.717) is 18.0 Å². The normalized spacial score (nSPS) is 10.7. The number of hydrogen-bond donors (Lipinski definition) is 0. The van der Waals surface area contributed by atoms with Crippen LogP contribution in [-0.4, -0.2) is 44.8 Å². The molecule has 5 nitrogen and oxygen atoms in total. The summed E-state index contributed by atoms with van der Waals surface area (Å²) in [6.45, 7) is 6.43. The highest BCUT2D eigenvalue weighted by Gasteiger charge is 2.13. The molecule has 0 radical (unpaired) electrons. The van der Waals surface area contributed by atoms with Crippen molar-refractivity contribution >= 4 is 11.8 Å². The van der Waals surface area contributed by atoms with Crippen molar-refractivity contribution in [1.29, 1.82) is 0 Å². The van der Waals surface area contributed by atoms with E-state index in [1.807, 2.05) is 18.2 Å². The molecular formula is C24H31FN2O3. The topological polar surface area (TPSA) is 42.0 Å². The molecule has 2 rings (SSSR count). The van der Waals surface area contributed by atoms with Gasteiger partial charge in [-0.1, -0.05) is 18.9 Å². The molecule has 0 aliphatic rings. The second kappa shape index (κ2) is 12.6. The number of halogens is 1. The van der Waals surface area contributed by atoms with Gasteiger partial charge in [-0.2, -0.15) is 0 Å². The first-order valence-corrected chi connectivity index (χ1v) is 10.2. The number of unbranched alkanes of at least 4 members (excludes halogenated alkanes) is 3. The van der Waals surface area contributed by atoms with Crippen LogP contribution in [0.15, 0.2) is 61.2 Å². The van der Waals surface area contributed by atoms with Gasteiger partial charge in [0.05, 0.1) is 6.61 Å². The standard InChI is InChI=1S/C24H31FN2O3/c1-4-17-26(2)18-7-5-6-8-19-29-22-15-11-21(12-16-22)27(3)24(28)30-23-13-9-20(25)10-14-23/h4,9-16H,1,5-8,17-19H2,2-3H3. The number of anilines is 1. The molecular weight excluding hydrogens is 383 g/mol. The van der Waals surface area contributed by atoms with Crippen molar-refractivity contribution < 1.29 is 18.7 Å². The molecule has 6 heteroatoms. The molecule has 0 aliphatic carbocycles. The summed E-state index contributed by atoms with van der Waals surface area (Å²) in [5, 5.41) is 0. The third-order valence-corrected chi connectivity index (χ3v) is 4.66. The second-order valence-corrected chi connectivity index (χ2v) is 7.19. The quantitative estimate of drug-likeness (QED) is 0.339. The number of rotatable bonds is 12.